The zero-order chi connectivity index (χ0) is 12.1. The molecule has 88 valence electrons. The number of esters is 1. The van der Waals surface area contributed by atoms with Gasteiger partial charge in [0.1, 0.15) is 13.2 Å². The highest BCUT2D eigenvalue weighted by Gasteiger charge is 2.04. The minimum absolute atomic E-state index is 0.241. The van der Waals surface area contributed by atoms with Gasteiger partial charge in [-0.2, -0.15) is 0 Å². The quantitative estimate of drug-likeness (QED) is 0.630. The smallest absolute Gasteiger partial charge is 0.302 e. The highest BCUT2D eigenvalue weighted by molar-refractivity contribution is 9.10. The molecule has 0 N–H and O–H groups in total. The average Bonchev–Trinajstić information content (AvgIpc) is 2.20. The van der Waals surface area contributed by atoms with Crippen molar-refractivity contribution in [1.82, 2.24) is 4.98 Å². The first-order valence-corrected chi connectivity index (χ1v) is 5.70. The zero-order valence-corrected chi connectivity index (χ0v) is 11.1. The molecule has 0 radical (unpaired) electrons. The van der Waals surface area contributed by atoms with Gasteiger partial charge < -0.3 is 9.47 Å². The number of hydrogen-bond acceptors (Lipinski definition) is 4. The predicted octanol–water partition coefficient (Wildman–Crippen LogP) is 2.40. The Morgan fingerprint density at radius 1 is 1.44 bits per heavy atom. The van der Waals surface area contributed by atoms with E-state index >= 15 is 0 Å². The molecule has 0 amide bonds. The van der Waals surface area contributed by atoms with Gasteiger partial charge in [-0.3, -0.25) is 4.79 Å². The summed E-state index contributed by atoms with van der Waals surface area (Å²) in [7, 11) is 0. The third-order valence-electron chi connectivity index (χ3n) is 1.92. The number of aryl methyl sites for hydroxylation is 2. The van der Waals surface area contributed by atoms with E-state index in [-0.39, 0.29) is 12.6 Å². The maximum Gasteiger partial charge on any atom is 0.302 e. The van der Waals surface area contributed by atoms with E-state index in [9.17, 15) is 4.79 Å². The number of pyridine rings is 1. The minimum Gasteiger partial charge on any atom is -0.474 e. The van der Waals surface area contributed by atoms with Crippen LogP contribution in [0.5, 0.6) is 5.88 Å². The number of ether oxygens (including phenoxy) is 2. The SMILES string of the molecule is CC(=O)OCCOc1cc(C)c(Br)c(C)n1. The molecule has 16 heavy (non-hydrogen) atoms. The summed E-state index contributed by atoms with van der Waals surface area (Å²) in [6, 6.07) is 1.84. The Morgan fingerprint density at radius 3 is 2.69 bits per heavy atom. The van der Waals surface area contributed by atoms with E-state index < -0.39 is 0 Å². The molecule has 0 aromatic carbocycles. The summed E-state index contributed by atoms with van der Waals surface area (Å²) in [5, 5.41) is 0. The monoisotopic (exact) mass is 287 g/mol. The Bertz CT molecular complexity index is 370. The molecule has 1 aromatic heterocycles. The standard InChI is InChI=1S/C11H14BrNO3/c1-7-6-10(13-8(2)11(7)12)16-5-4-15-9(3)14/h6H,4-5H2,1-3H3. The maximum atomic E-state index is 10.5. The number of rotatable bonds is 4. The van der Waals surface area contributed by atoms with Gasteiger partial charge in [0.2, 0.25) is 5.88 Å². The van der Waals surface area contributed by atoms with E-state index in [2.05, 4.69) is 20.9 Å². The van der Waals surface area contributed by atoms with Crippen molar-refractivity contribution in [2.24, 2.45) is 0 Å². The molecule has 0 unspecified atom stereocenters. The molecule has 0 spiro atoms. The highest BCUT2D eigenvalue weighted by atomic mass is 79.9. The Hall–Kier alpha value is -1.10. The van der Waals surface area contributed by atoms with Gasteiger partial charge in [0.05, 0.1) is 5.69 Å². The van der Waals surface area contributed by atoms with E-state index in [0.717, 1.165) is 15.7 Å². The minimum atomic E-state index is -0.306. The number of halogens is 1. The first-order chi connectivity index (χ1) is 7.50. The summed E-state index contributed by atoms with van der Waals surface area (Å²) in [6.45, 7) is 5.79. The second-order valence-corrected chi connectivity index (χ2v) is 4.16. The summed E-state index contributed by atoms with van der Waals surface area (Å²) < 4.78 is 11.1. The lowest BCUT2D eigenvalue weighted by atomic mass is 10.2. The highest BCUT2D eigenvalue weighted by Crippen LogP contribution is 2.22. The van der Waals surface area contributed by atoms with Crippen molar-refractivity contribution in [1.29, 1.82) is 0 Å². The fraction of sp³-hybridized carbons (Fsp3) is 0.455. The van der Waals surface area contributed by atoms with Crippen molar-refractivity contribution < 1.29 is 14.3 Å². The molecule has 1 heterocycles. The van der Waals surface area contributed by atoms with Crippen LogP contribution in [-0.4, -0.2) is 24.2 Å². The van der Waals surface area contributed by atoms with Crippen LogP contribution in [-0.2, 0) is 9.53 Å². The van der Waals surface area contributed by atoms with E-state index in [4.69, 9.17) is 9.47 Å². The molecule has 0 bridgehead atoms. The second kappa shape index (κ2) is 5.84. The fourth-order valence-electron chi connectivity index (χ4n) is 1.19. The molecule has 0 aliphatic rings. The molecule has 0 atom stereocenters. The van der Waals surface area contributed by atoms with E-state index in [1.165, 1.54) is 6.92 Å². The van der Waals surface area contributed by atoms with Crippen molar-refractivity contribution >= 4 is 21.9 Å². The van der Waals surface area contributed by atoms with Crippen LogP contribution in [0.15, 0.2) is 10.5 Å². The van der Waals surface area contributed by atoms with Gasteiger partial charge in [-0.15, -0.1) is 0 Å². The first-order valence-electron chi connectivity index (χ1n) is 4.90. The van der Waals surface area contributed by atoms with Gasteiger partial charge in [-0.25, -0.2) is 4.98 Å². The van der Waals surface area contributed by atoms with Gasteiger partial charge in [-0.05, 0) is 35.3 Å². The molecular formula is C11H14BrNO3. The third-order valence-corrected chi connectivity index (χ3v) is 3.12. The Labute approximate surface area is 103 Å². The molecule has 1 aromatic rings. The lowest BCUT2D eigenvalue weighted by molar-refractivity contribution is -0.141. The Balaban J connectivity index is 2.52. The Kier molecular flexibility index (Phi) is 4.73. The average molecular weight is 288 g/mol. The molecule has 5 heteroatoms. The lowest BCUT2D eigenvalue weighted by Gasteiger charge is -2.08. The predicted molar refractivity (Wildman–Crippen MR) is 63.5 cm³/mol. The molecule has 1 rings (SSSR count). The van der Waals surface area contributed by atoms with Crippen LogP contribution in [0.2, 0.25) is 0 Å². The summed E-state index contributed by atoms with van der Waals surface area (Å²) in [6.07, 6.45) is 0. The van der Waals surface area contributed by atoms with Crippen molar-refractivity contribution in [3.63, 3.8) is 0 Å². The van der Waals surface area contributed by atoms with Crippen LogP contribution in [0.4, 0.5) is 0 Å². The van der Waals surface area contributed by atoms with Crippen LogP contribution >= 0.6 is 15.9 Å². The first kappa shape index (κ1) is 13.0. The fourth-order valence-corrected chi connectivity index (χ4v) is 1.39. The largest absolute Gasteiger partial charge is 0.474 e. The Morgan fingerprint density at radius 2 is 2.12 bits per heavy atom. The van der Waals surface area contributed by atoms with E-state index in [1.54, 1.807) is 0 Å². The molecule has 0 aliphatic heterocycles. The zero-order valence-electron chi connectivity index (χ0n) is 9.54. The third kappa shape index (κ3) is 3.81. The lowest BCUT2D eigenvalue weighted by Crippen LogP contribution is -2.10. The summed E-state index contributed by atoms with van der Waals surface area (Å²) in [5.41, 5.74) is 1.94. The number of nitrogens with zero attached hydrogens (tertiary/aromatic N) is 1. The van der Waals surface area contributed by atoms with Crippen LogP contribution < -0.4 is 4.74 Å². The van der Waals surface area contributed by atoms with Crippen LogP contribution in [0.3, 0.4) is 0 Å². The van der Waals surface area contributed by atoms with Gasteiger partial charge in [0.15, 0.2) is 0 Å². The van der Waals surface area contributed by atoms with Crippen molar-refractivity contribution in [3.8, 4) is 5.88 Å². The molecule has 0 saturated carbocycles. The molecule has 0 fully saturated rings. The van der Waals surface area contributed by atoms with Crippen molar-refractivity contribution in [2.75, 3.05) is 13.2 Å². The van der Waals surface area contributed by atoms with Gasteiger partial charge in [0.25, 0.3) is 0 Å². The van der Waals surface area contributed by atoms with Crippen LogP contribution in [0.25, 0.3) is 0 Å². The number of hydrogen-bond donors (Lipinski definition) is 0. The van der Waals surface area contributed by atoms with Crippen molar-refractivity contribution in [2.45, 2.75) is 20.8 Å². The summed E-state index contributed by atoms with van der Waals surface area (Å²) in [4.78, 5) is 14.7. The maximum absolute atomic E-state index is 10.5. The van der Waals surface area contributed by atoms with Crippen LogP contribution in [0, 0.1) is 13.8 Å². The molecule has 0 saturated heterocycles. The normalized spacial score (nSPS) is 10.0. The van der Waals surface area contributed by atoms with Gasteiger partial charge in [0, 0.05) is 17.5 Å². The molecular weight excluding hydrogens is 274 g/mol. The van der Waals surface area contributed by atoms with Crippen molar-refractivity contribution in [3.05, 3.63) is 21.8 Å². The van der Waals surface area contributed by atoms with Crippen LogP contribution in [0.1, 0.15) is 18.2 Å². The summed E-state index contributed by atoms with van der Waals surface area (Å²) >= 11 is 3.43. The number of carbonyl (C=O) groups is 1. The van der Waals surface area contributed by atoms with E-state index in [0.29, 0.717) is 12.5 Å². The number of aromatic nitrogens is 1. The summed E-state index contributed by atoms with van der Waals surface area (Å²) in [5.74, 6) is 0.241. The number of carbonyl (C=O) groups excluding carboxylic acids is 1. The second-order valence-electron chi connectivity index (χ2n) is 3.37. The van der Waals surface area contributed by atoms with Gasteiger partial charge in [-0.1, -0.05) is 0 Å². The topological polar surface area (TPSA) is 48.4 Å². The molecule has 0 aliphatic carbocycles. The van der Waals surface area contributed by atoms with E-state index in [1.807, 2.05) is 19.9 Å². The molecule has 4 nitrogen and oxygen atoms in total. The van der Waals surface area contributed by atoms with Gasteiger partial charge >= 0.3 is 5.97 Å².